The normalized spacial score (nSPS) is 20.4. The monoisotopic (exact) mass is 196 g/mol. The smallest absolute Gasteiger partial charge is 0.126 e. The van der Waals surface area contributed by atoms with Crippen molar-refractivity contribution in [1.82, 2.24) is 0 Å². The maximum absolute atomic E-state index is 10.9. The molecular formula is C13H24O. The van der Waals surface area contributed by atoms with Gasteiger partial charge in [0.15, 0.2) is 0 Å². The summed E-state index contributed by atoms with van der Waals surface area (Å²) in [5.74, 6) is 0.813. The number of carbonyl (C=O) groups is 1. The molecule has 1 aliphatic carbocycles. The minimum absolute atomic E-state index is 0.133. The maximum Gasteiger partial charge on any atom is 0.126 e. The second-order valence-electron chi connectivity index (χ2n) is 4.98. The number of unbranched alkanes of at least 4 members (excludes halogenated alkanes) is 1. The summed E-state index contributed by atoms with van der Waals surface area (Å²) in [6.07, 6.45) is 11.2. The molecule has 1 atom stereocenters. The molecule has 1 rings (SSSR count). The summed E-state index contributed by atoms with van der Waals surface area (Å²) in [7, 11) is 0. The Hall–Kier alpha value is -0.330. The first-order chi connectivity index (χ1) is 6.76. The van der Waals surface area contributed by atoms with Gasteiger partial charge in [-0.2, -0.15) is 0 Å². The molecule has 0 radical (unpaired) electrons. The molecule has 1 unspecified atom stereocenters. The lowest BCUT2D eigenvalue weighted by molar-refractivity contribution is -0.112. The van der Waals surface area contributed by atoms with Gasteiger partial charge in [-0.15, -0.1) is 0 Å². The number of hydrogen-bond donors (Lipinski definition) is 0. The van der Waals surface area contributed by atoms with Gasteiger partial charge in [0.05, 0.1) is 0 Å². The van der Waals surface area contributed by atoms with Crippen molar-refractivity contribution in [3.05, 3.63) is 0 Å². The van der Waals surface area contributed by atoms with Crippen LogP contribution in [0.15, 0.2) is 0 Å². The molecule has 1 heteroatoms. The summed E-state index contributed by atoms with van der Waals surface area (Å²) in [5.41, 5.74) is 0.133. The number of aldehydes is 1. The van der Waals surface area contributed by atoms with Crippen LogP contribution in [0, 0.1) is 11.3 Å². The second-order valence-corrected chi connectivity index (χ2v) is 4.98. The highest BCUT2D eigenvalue weighted by atomic mass is 16.1. The maximum atomic E-state index is 10.9. The minimum atomic E-state index is 0.133. The molecule has 82 valence electrons. The van der Waals surface area contributed by atoms with E-state index in [-0.39, 0.29) is 5.41 Å². The van der Waals surface area contributed by atoms with Gasteiger partial charge in [0, 0.05) is 5.41 Å². The van der Waals surface area contributed by atoms with Gasteiger partial charge in [0.1, 0.15) is 6.29 Å². The molecule has 14 heavy (non-hydrogen) atoms. The van der Waals surface area contributed by atoms with Crippen molar-refractivity contribution in [1.29, 1.82) is 0 Å². The summed E-state index contributed by atoms with van der Waals surface area (Å²) in [6.45, 7) is 4.50. The Kier molecular flexibility index (Phi) is 4.64. The molecule has 0 amide bonds. The fourth-order valence-corrected chi connectivity index (χ4v) is 2.36. The predicted molar refractivity (Wildman–Crippen MR) is 60.3 cm³/mol. The number of rotatable bonds is 8. The van der Waals surface area contributed by atoms with E-state index in [0.717, 1.165) is 18.8 Å². The molecule has 1 fully saturated rings. The summed E-state index contributed by atoms with van der Waals surface area (Å²) >= 11 is 0. The molecule has 0 spiro atoms. The summed E-state index contributed by atoms with van der Waals surface area (Å²) < 4.78 is 0. The highest BCUT2D eigenvalue weighted by Gasteiger charge is 2.43. The first kappa shape index (κ1) is 11.7. The molecule has 1 nitrogen and oxygen atoms in total. The van der Waals surface area contributed by atoms with Crippen LogP contribution >= 0.6 is 0 Å². The third-order valence-electron chi connectivity index (χ3n) is 3.50. The van der Waals surface area contributed by atoms with Gasteiger partial charge in [0.2, 0.25) is 0 Å². The average Bonchev–Trinajstić information content (AvgIpc) is 2.95. The second kappa shape index (κ2) is 5.53. The summed E-state index contributed by atoms with van der Waals surface area (Å²) in [4.78, 5) is 10.9. The van der Waals surface area contributed by atoms with E-state index in [1.807, 2.05) is 0 Å². The Bertz CT molecular complexity index is 170. The molecule has 0 aromatic carbocycles. The molecule has 0 aromatic heterocycles. The predicted octanol–water partition coefficient (Wildman–Crippen LogP) is 3.96. The third kappa shape index (κ3) is 3.43. The van der Waals surface area contributed by atoms with Gasteiger partial charge in [-0.05, 0) is 25.2 Å². The molecule has 0 heterocycles. The van der Waals surface area contributed by atoms with Crippen LogP contribution in [0.1, 0.15) is 65.2 Å². The standard InChI is InChI=1S/C13H24O/c1-3-5-7-12(6-4-2)10-13(11-14)8-9-13/h11-12H,3-10H2,1-2H3. The Morgan fingerprint density at radius 2 is 1.93 bits per heavy atom. The molecule has 1 saturated carbocycles. The van der Waals surface area contributed by atoms with E-state index in [0.29, 0.717) is 0 Å². The molecule has 1 aliphatic rings. The van der Waals surface area contributed by atoms with Crippen LogP contribution in [0.25, 0.3) is 0 Å². The van der Waals surface area contributed by atoms with Gasteiger partial charge in [0.25, 0.3) is 0 Å². The van der Waals surface area contributed by atoms with Crippen LogP contribution in [-0.2, 0) is 4.79 Å². The Labute approximate surface area is 88.3 Å². The zero-order valence-corrected chi connectivity index (χ0v) is 9.72. The number of hydrogen-bond acceptors (Lipinski definition) is 1. The van der Waals surface area contributed by atoms with Crippen LogP contribution in [0.5, 0.6) is 0 Å². The van der Waals surface area contributed by atoms with Gasteiger partial charge in [-0.25, -0.2) is 0 Å². The van der Waals surface area contributed by atoms with E-state index in [1.165, 1.54) is 44.8 Å². The van der Waals surface area contributed by atoms with Crippen LogP contribution in [-0.4, -0.2) is 6.29 Å². The van der Waals surface area contributed by atoms with Gasteiger partial charge in [-0.1, -0.05) is 46.0 Å². The highest BCUT2D eigenvalue weighted by molar-refractivity contribution is 5.63. The van der Waals surface area contributed by atoms with Crippen molar-refractivity contribution in [3.8, 4) is 0 Å². The van der Waals surface area contributed by atoms with E-state index < -0.39 is 0 Å². The lowest BCUT2D eigenvalue weighted by Crippen LogP contribution is -2.11. The number of carbonyl (C=O) groups excluding carboxylic acids is 1. The Morgan fingerprint density at radius 3 is 2.36 bits per heavy atom. The van der Waals surface area contributed by atoms with E-state index >= 15 is 0 Å². The molecule has 0 bridgehead atoms. The minimum Gasteiger partial charge on any atom is -0.303 e. The van der Waals surface area contributed by atoms with Crippen LogP contribution in [0.2, 0.25) is 0 Å². The van der Waals surface area contributed by atoms with Crippen LogP contribution < -0.4 is 0 Å². The third-order valence-corrected chi connectivity index (χ3v) is 3.50. The summed E-state index contributed by atoms with van der Waals surface area (Å²) in [6, 6.07) is 0. The van der Waals surface area contributed by atoms with Crippen molar-refractivity contribution >= 4 is 6.29 Å². The summed E-state index contributed by atoms with van der Waals surface area (Å²) in [5, 5.41) is 0. The fraction of sp³-hybridized carbons (Fsp3) is 0.923. The quantitative estimate of drug-likeness (QED) is 0.537. The molecule has 0 aromatic rings. The largest absolute Gasteiger partial charge is 0.303 e. The van der Waals surface area contributed by atoms with Crippen molar-refractivity contribution in [3.63, 3.8) is 0 Å². The average molecular weight is 196 g/mol. The highest BCUT2D eigenvalue weighted by Crippen LogP contribution is 2.49. The van der Waals surface area contributed by atoms with Crippen LogP contribution in [0.4, 0.5) is 0 Å². The Morgan fingerprint density at radius 1 is 1.21 bits per heavy atom. The van der Waals surface area contributed by atoms with E-state index in [9.17, 15) is 4.79 Å². The van der Waals surface area contributed by atoms with Crippen molar-refractivity contribution < 1.29 is 4.79 Å². The topological polar surface area (TPSA) is 17.1 Å². The fourth-order valence-electron chi connectivity index (χ4n) is 2.36. The molecule has 0 saturated heterocycles. The zero-order valence-electron chi connectivity index (χ0n) is 9.72. The van der Waals surface area contributed by atoms with Crippen molar-refractivity contribution in [2.45, 2.75) is 65.2 Å². The first-order valence-electron chi connectivity index (χ1n) is 6.22. The molecule has 0 N–H and O–H groups in total. The Balaban J connectivity index is 2.30. The van der Waals surface area contributed by atoms with Crippen molar-refractivity contribution in [2.75, 3.05) is 0 Å². The first-order valence-corrected chi connectivity index (χ1v) is 6.22. The molecular weight excluding hydrogens is 172 g/mol. The van der Waals surface area contributed by atoms with Crippen LogP contribution in [0.3, 0.4) is 0 Å². The van der Waals surface area contributed by atoms with Crippen molar-refractivity contribution in [2.24, 2.45) is 11.3 Å². The van der Waals surface area contributed by atoms with Gasteiger partial charge in [-0.3, -0.25) is 0 Å². The van der Waals surface area contributed by atoms with E-state index in [1.54, 1.807) is 0 Å². The van der Waals surface area contributed by atoms with Gasteiger partial charge >= 0.3 is 0 Å². The van der Waals surface area contributed by atoms with E-state index in [4.69, 9.17) is 0 Å². The van der Waals surface area contributed by atoms with E-state index in [2.05, 4.69) is 13.8 Å². The van der Waals surface area contributed by atoms with Gasteiger partial charge < -0.3 is 4.79 Å². The SMILES string of the molecule is CCCCC(CCC)CC1(C=O)CC1. The lowest BCUT2D eigenvalue weighted by atomic mass is 9.86. The zero-order chi connectivity index (χ0) is 10.4. The lowest BCUT2D eigenvalue weighted by Gasteiger charge is -2.18. The molecule has 0 aliphatic heterocycles.